The second-order valence-electron chi connectivity index (χ2n) is 5.82. The van der Waals surface area contributed by atoms with E-state index in [4.69, 9.17) is 5.73 Å². The number of hydrogen-bond acceptors (Lipinski definition) is 4. The number of likely N-dealkylation sites (tertiary alicyclic amines) is 1. The quantitative estimate of drug-likeness (QED) is 0.893. The minimum absolute atomic E-state index is 0.137. The van der Waals surface area contributed by atoms with Gasteiger partial charge < -0.3 is 10.6 Å². The molecule has 1 aliphatic heterocycles. The van der Waals surface area contributed by atoms with Crippen LogP contribution in [0.5, 0.6) is 0 Å². The van der Waals surface area contributed by atoms with Crippen molar-refractivity contribution in [3.63, 3.8) is 0 Å². The fraction of sp³-hybridized carbons (Fsp3) is 0.667. The molecule has 1 saturated heterocycles. The lowest BCUT2D eigenvalue weighted by molar-refractivity contribution is 0.0982. The topological polar surface area (TPSA) is 45.4 Å². The van der Waals surface area contributed by atoms with Gasteiger partial charge in [-0.1, -0.05) is 0 Å². The Morgan fingerprint density at radius 1 is 1.26 bits per heavy atom. The van der Waals surface area contributed by atoms with Gasteiger partial charge >= 0.3 is 0 Å². The smallest absolute Gasteiger partial charge is 0.0497 e. The Hall–Kier alpha value is -0.970. The van der Waals surface area contributed by atoms with Crippen molar-refractivity contribution in [3.8, 4) is 0 Å². The number of rotatable bonds is 4. The molecule has 1 fully saturated rings. The Bertz CT molecular complexity index is 369. The minimum atomic E-state index is 0.137. The fourth-order valence-corrected chi connectivity index (χ4v) is 3.09. The zero-order valence-corrected chi connectivity index (χ0v) is 12.3. The number of hydrogen-bond donors (Lipinski definition) is 1. The van der Waals surface area contributed by atoms with Crippen molar-refractivity contribution in [1.82, 2.24) is 14.8 Å². The van der Waals surface area contributed by atoms with E-state index >= 15 is 0 Å². The molecule has 2 rings (SSSR count). The zero-order valence-electron chi connectivity index (χ0n) is 12.3. The van der Waals surface area contributed by atoms with Gasteiger partial charge in [0.1, 0.15) is 0 Å². The standard InChI is InChI=1S/C15H26N4/c1-12(16)15(13-4-8-17-9-5-13)19-10-6-14(7-11-19)18(2)3/h4-5,8-9,12,14-15H,6-7,10-11,16H2,1-3H3. The summed E-state index contributed by atoms with van der Waals surface area (Å²) in [7, 11) is 4.35. The molecule has 1 aromatic rings. The average molecular weight is 262 g/mol. The van der Waals surface area contributed by atoms with Crippen LogP contribution < -0.4 is 5.73 Å². The molecule has 0 amide bonds. The number of nitrogens with zero attached hydrogens (tertiary/aromatic N) is 3. The van der Waals surface area contributed by atoms with E-state index in [1.165, 1.54) is 18.4 Å². The average Bonchev–Trinajstić information content (AvgIpc) is 2.40. The summed E-state index contributed by atoms with van der Waals surface area (Å²) in [5.74, 6) is 0. The van der Waals surface area contributed by atoms with E-state index in [1.54, 1.807) is 0 Å². The van der Waals surface area contributed by atoms with Gasteiger partial charge in [0, 0.05) is 43.6 Å². The van der Waals surface area contributed by atoms with Gasteiger partial charge in [-0.05, 0) is 51.6 Å². The van der Waals surface area contributed by atoms with Gasteiger partial charge in [-0.25, -0.2) is 0 Å². The van der Waals surface area contributed by atoms with E-state index in [1.807, 2.05) is 12.4 Å². The van der Waals surface area contributed by atoms with E-state index in [0.29, 0.717) is 12.1 Å². The summed E-state index contributed by atoms with van der Waals surface area (Å²) < 4.78 is 0. The van der Waals surface area contributed by atoms with E-state index < -0.39 is 0 Å². The Balaban J connectivity index is 2.06. The predicted molar refractivity (Wildman–Crippen MR) is 78.9 cm³/mol. The third-order valence-electron chi connectivity index (χ3n) is 4.17. The molecule has 1 aromatic heterocycles. The number of aromatic nitrogens is 1. The summed E-state index contributed by atoms with van der Waals surface area (Å²) in [5, 5.41) is 0. The lowest BCUT2D eigenvalue weighted by Crippen LogP contribution is -2.47. The Morgan fingerprint density at radius 3 is 2.32 bits per heavy atom. The fourth-order valence-electron chi connectivity index (χ4n) is 3.09. The molecule has 0 radical (unpaired) electrons. The molecule has 0 bridgehead atoms. The summed E-state index contributed by atoms with van der Waals surface area (Å²) in [6, 6.07) is 5.34. The number of pyridine rings is 1. The molecular weight excluding hydrogens is 236 g/mol. The van der Waals surface area contributed by atoms with Crippen LogP contribution >= 0.6 is 0 Å². The van der Waals surface area contributed by atoms with Crippen LogP contribution in [0.4, 0.5) is 0 Å². The summed E-state index contributed by atoms with van der Waals surface area (Å²) >= 11 is 0. The molecule has 0 aromatic carbocycles. The lowest BCUT2D eigenvalue weighted by atomic mass is 9.95. The molecule has 2 atom stereocenters. The van der Waals surface area contributed by atoms with Crippen LogP contribution in [0.15, 0.2) is 24.5 Å². The van der Waals surface area contributed by atoms with Crippen molar-refractivity contribution in [1.29, 1.82) is 0 Å². The Morgan fingerprint density at radius 2 is 1.84 bits per heavy atom. The summed E-state index contributed by atoms with van der Waals surface area (Å²) in [5.41, 5.74) is 7.51. The van der Waals surface area contributed by atoms with Crippen LogP contribution in [0, 0.1) is 0 Å². The highest BCUT2D eigenvalue weighted by Gasteiger charge is 2.28. The van der Waals surface area contributed by atoms with Crippen LogP contribution in [0.2, 0.25) is 0 Å². The van der Waals surface area contributed by atoms with Gasteiger partial charge in [0.05, 0.1) is 0 Å². The molecule has 2 unspecified atom stereocenters. The first-order valence-corrected chi connectivity index (χ1v) is 7.15. The SMILES string of the molecule is CC(N)C(c1ccncc1)N1CCC(N(C)C)CC1. The first-order valence-electron chi connectivity index (χ1n) is 7.15. The van der Waals surface area contributed by atoms with E-state index in [0.717, 1.165) is 13.1 Å². The Labute approximate surface area is 116 Å². The molecule has 1 aliphatic rings. The van der Waals surface area contributed by atoms with Crippen molar-refractivity contribution in [2.45, 2.75) is 37.9 Å². The van der Waals surface area contributed by atoms with Crippen LogP contribution in [0.25, 0.3) is 0 Å². The largest absolute Gasteiger partial charge is 0.326 e. The van der Waals surface area contributed by atoms with Crippen LogP contribution in [0.1, 0.15) is 31.4 Å². The maximum absolute atomic E-state index is 6.22. The van der Waals surface area contributed by atoms with Crippen molar-refractivity contribution in [3.05, 3.63) is 30.1 Å². The predicted octanol–water partition coefficient (Wildman–Crippen LogP) is 1.50. The molecule has 4 heteroatoms. The van der Waals surface area contributed by atoms with Gasteiger partial charge in [-0.15, -0.1) is 0 Å². The monoisotopic (exact) mass is 262 g/mol. The molecule has 0 aliphatic carbocycles. The van der Waals surface area contributed by atoms with Crippen molar-refractivity contribution < 1.29 is 0 Å². The molecule has 0 spiro atoms. The summed E-state index contributed by atoms with van der Waals surface area (Å²) in [6.45, 7) is 4.35. The first-order chi connectivity index (χ1) is 9.09. The van der Waals surface area contributed by atoms with E-state index in [-0.39, 0.29) is 6.04 Å². The van der Waals surface area contributed by atoms with Gasteiger partial charge in [-0.3, -0.25) is 9.88 Å². The van der Waals surface area contributed by atoms with Crippen LogP contribution in [-0.4, -0.2) is 54.1 Å². The van der Waals surface area contributed by atoms with Gasteiger partial charge in [0.25, 0.3) is 0 Å². The normalized spacial score (nSPS) is 21.5. The third kappa shape index (κ3) is 3.53. The molecule has 0 saturated carbocycles. The molecule has 2 N–H and O–H groups in total. The van der Waals surface area contributed by atoms with Crippen molar-refractivity contribution in [2.75, 3.05) is 27.2 Å². The Kier molecular flexibility index (Phi) is 4.91. The van der Waals surface area contributed by atoms with Crippen molar-refractivity contribution in [2.24, 2.45) is 5.73 Å². The highest BCUT2D eigenvalue weighted by molar-refractivity contribution is 5.17. The molecule has 4 nitrogen and oxygen atoms in total. The second-order valence-corrected chi connectivity index (χ2v) is 5.82. The third-order valence-corrected chi connectivity index (χ3v) is 4.17. The minimum Gasteiger partial charge on any atom is -0.326 e. The first kappa shape index (κ1) is 14.4. The summed E-state index contributed by atoms with van der Waals surface area (Å²) in [4.78, 5) is 8.97. The maximum atomic E-state index is 6.22. The molecule has 2 heterocycles. The molecule has 106 valence electrons. The van der Waals surface area contributed by atoms with Crippen LogP contribution in [0.3, 0.4) is 0 Å². The van der Waals surface area contributed by atoms with Crippen LogP contribution in [-0.2, 0) is 0 Å². The highest BCUT2D eigenvalue weighted by Crippen LogP contribution is 2.27. The molecular formula is C15H26N4. The second kappa shape index (κ2) is 6.46. The summed E-state index contributed by atoms with van der Waals surface area (Å²) in [6.07, 6.45) is 6.16. The van der Waals surface area contributed by atoms with Gasteiger partial charge in [0.2, 0.25) is 0 Å². The maximum Gasteiger partial charge on any atom is 0.0497 e. The van der Waals surface area contributed by atoms with Gasteiger partial charge in [0.15, 0.2) is 0 Å². The number of nitrogens with two attached hydrogens (primary N) is 1. The highest BCUT2D eigenvalue weighted by atomic mass is 15.2. The zero-order chi connectivity index (χ0) is 13.8. The van der Waals surface area contributed by atoms with Gasteiger partial charge in [-0.2, -0.15) is 0 Å². The van der Waals surface area contributed by atoms with E-state index in [2.05, 4.69) is 47.9 Å². The van der Waals surface area contributed by atoms with Crippen molar-refractivity contribution >= 4 is 0 Å². The lowest BCUT2D eigenvalue weighted by Gasteiger charge is -2.41. The number of piperidine rings is 1. The molecule has 19 heavy (non-hydrogen) atoms. The van der Waals surface area contributed by atoms with E-state index in [9.17, 15) is 0 Å².